The average Bonchev–Trinajstić information content (AvgIpc) is 3.03. The van der Waals surface area contributed by atoms with Gasteiger partial charge in [0.2, 0.25) is 0 Å². The number of para-hydroxylation sites is 1. The highest BCUT2D eigenvalue weighted by Crippen LogP contribution is 2.28. The lowest BCUT2D eigenvalue weighted by atomic mass is 10.1. The van der Waals surface area contributed by atoms with Gasteiger partial charge in [0.1, 0.15) is 17.4 Å². The second kappa shape index (κ2) is 6.58. The van der Waals surface area contributed by atoms with Crippen LogP contribution in [-0.4, -0.2) is 9.91 Å². The van der Waals surface area contributed by atoms with E-state index >= 15 is 0 Å². The second-order valence-corrected chi connectivity index (χ2v) is 5.93. The van der Waals surface area contributed by atoms with Crippen molar-refractivity contribution >= 4 is 17.0 Å². The summed E-state index contributed by atoms with van der Waals surface area (Å²) in [6.45, 7) is 2.10. The van der Waals surface area contributed by atoms with Crippen molar-refractivity contribution in [3.05, 3.63) is 74.6 Å². The number of thiazole rings is 1. The maximum Gasteiger partial charge on any atom is 0.272 e. The van der Waals surface area contributed by atoms with Crippen molar-refractivity contribution in [2.45, 2.75) is 13.5 Å². The monoisotopic (exact) mass is 326 g/mol. The summed E-state index contributed by atoms with van der Waals surface area (Å²) in [5, 5.41) is 13.8. The van der Waals surface area contributed by atoms with Gasteiger partial charge in [-0.2, -0.15) is 0 Å². The normalized spacial score (nSPS) is 10.5. The van der Waals surface area contributed by atoms with Crippen LogP contribution in [0.4, 0.5) is 5.69 Å². The topological polar surface area (TPSA) is 65.3 Å². The standard InChI is InChI=1S/C17H14N2O3S/c1-12-7-8-13(9-16(12)19(20)21)15-11-23-17(18-15)10-22-14-5-3-2-4-6-14/h2-9,11H,10H2,1H3. The molecule has 0 aliphatic rings. The minimum atomic E-state index is -0.370. The van der Waals surface area contributed by atoms with E-state index in [2.05, 4.69) is 4.98 Å². The first-order valence-electron chi connectivity index (χ1n) is 7.01. The zero-order valence-electron chi connectivity index (χ0n) is 12.4. The molecule has 0 atom stereocenters. The molecule has 116 valence electrons. The third-order valence-electron chi connectivity index (χ3n) is 3.36. The summed E-state index contributed by atoms with van der Waals surface area (Å²) < 4.78 is 5.66. The minimum absolute atomic E-state index is 0.109. The molecule has 3 aromatic rings. The van der Waals surface area contributed by atoms with Gasteiger partial charge in [-0.1, -0.05) is 30.3 Å². The van der Waals surface area contributed by atoms with E-state index in [0.29, 0.717) is 12.2 Å². The van der Waals surface area contributed by atoms with E-state index < -0.39 is 0 Å². The van der Waals surface area contributed by atoms with Gasteiger partial charge >= 0.3 is 0 Å². The molecule has 3 rings (SSSR count). The van der Waals surface area contributed by atoms with Crippen molar-refractivity contribution in [1.82, 2.24) is 4.98 Å². The molecule has 0 amide bonds. The summed E-state index contributed by atoms with van der Waals surface area (Å²) in [5.74, 6) is 0.787. The molecule has 0 radical (unpaired) electrons. The van der Waals surface area contributed by atoms with Crippen molar-refractivity contribution < 1.29 is 9.66 Å². The number of nitro groups is 1. The lowest BCUT2D eigenvalue weighted by Gasteiger charge is -2.03. The van der Waals surface area contributed by atoms with Crippen LogP contribution in [0.15, 0.2) is 53.9 Å². The SMILES string of the molecule is Cc1ccc(-c2csc(COc3ccccc3)n2)cc1[N+](=O)[O-]. The second-order valence-electron chi connectivity index (χ2n) is 4.99. The van der Waals surface area contributed by atoms with E-state index in [1.54, 1.807) is 19.1 Å². The van der Waals surface area contributed by atoms with Gasteiger partial charge in [-0.15, -0.1) is 11.3 Å². The molecule has 5 nitrogen and oxygen atoms in total. The Bertz CT molecular complexity index is 831. The summed E-state index contributed by atoms with van der Waals surface area (Å²) in [6, 6.07) is 14.7. The first-order valence-corrected chi connectivity index (χ1v) is 7.89. The van der Waals surface area contributed by atoms with Crippen molar-refractivity contribution in [3.63, 3.8) is 0 Å². The van der Waals surface area contributed by atoms with Crippen molar-refractivity contribution in [2.24, 2.45) is 0 Å². The van der Waals surface area contributed by atoms with E-state index in [4.69, 9.17) is 4.74 Å². The summed E-state index contributed by atoms with van der Waals surface area (Å²) >= 11 is 1.48. The molecule has 0 N–H and O–H groups in total. The van der Waals surface area contributed by atoms with Crippen LogP contribution >= 0.6 is 11.3 Å². The van der Waals surface area contributed by atoms with E-state index in [1.165, 1.54) is 11.3 Å². The maximum atomic E-state index is 11.0. The lowest BCUT2D eigenvalue weighted by Crippen LogP contribution is -1.95. The molecule has 0 saturated heterocycles. The van der Waals surface area contributed by atoms with Crippen LogP contribution in [0.1, 0.15) is 10.6 Å². The Morgan fingerprint density at radius 2 is 2.00 bits per heavy atom. The predicted octanol–water partition coefficient (Wildman–Crippen LogP) is 4.61. The van der Waals surface area contributed by atoms with Crippen LogP contribution in [0.25, 0.3) is 11.3 Å². The highest BCUT2D eigenvalue weighted by molar-refractivity contribution is 7.09. The van der Waals surface area contributed by atoms with Gasteiger partial charge in [0.05, 0.1) is 10.6 Å². The molecule has 0 unspecified atom stereocenters. The quantitative estimate of drug-likeness (QED) is 0.507. The fourth-order valence-electron chi connectivity index (χ4n) is 2.14. The lowest BCUT2D eigenvalue weighted by molar-refractivity contribution is -0.385. The molecule has 23 heavy (non-hydrogen) atoms. The number of nitrogens with zero attached hydrogens (tertiary/aromatic N) is 2. The summed E-state index contributed by atoms with van der Waals surface area (Å²) in [5.41, 5.74) is 2.22. The van der Waals surface area contributed by atoms with Gasteiger partial charge in [-0.25, -0.2) is 4.98 Å². The van der Waals surface area contributed by atoms with E-state index in [0.717, 1.165) is 22.0 Å². The molecule has 0 aliphatic carbocycles. The molecule has 0 fully saturated rings. The van der Waals surface area contributed by atoms with Crippen molar-refractivity contribution in [2.75, 3.05) is 0 Å². The number of benzene rings is 2. The first-order chi connectivity index (χ1) is 11.1. The van der Waals surface area contributed by atoms with Crippen molar-refractivity contribution in [1.29, 1.82) is 0 Å². The Morgan fingerprint density at radius 3 is 2.74 bits per heavy atom. The molecular formula is C17H14N2O3S. The fourth-order valence-corrected chi connectivity index (χ4v) is 2.85. The Labute approximate surface area is 137 Å². The molecule has 0 bridgehead atoms. The number of rotatable bonds is 5. The number of aromatic nitrogens is 1. The largest absolute Gasteiger partial charge is 0.486 e. The molecule has 2 aromatic carbocycles. The number of ether oxygens (including phenoxy) is 1. The van der Waals surface area contributed by atoms with Gasteiger partial charge in [0, 0.05) is 22.6 Å². The predicted molar refractivity (Wildman–Crippen MR) is 89.7 cm³/mol. The minimum Gasteiger partial charge on any atom is -0.486 e. The Morgan fingerprint density at radius 1 is 1.22 bits per heavy atom. The molecule has 0 spiro atoms. The average molecular weight is 326 g/mol. The molecule has 6 heteroatoms. The highest BCUT2D eigenvalue weighted by Gasteiger charge is 2.13. The Kier molecular flexibility index (Phi) is 4.34. The van der Waals surface area contributed by atoms with Crippen LogP contribution in [0.3, 0.4) is 0 Å². The number of hydrogen-bond acceptors (Lipinski definition) is 5. The molecule has 0 aliphatic heterocycles. The van der Waals surface area contributed by atoms with Crippen LogP contribution in [0.2, 0.25) is 0 Å². The zero-order valence-corrected chi connectivity index (χ0v) is 13.2. The molecule has 1 heterocycles. The Hall–Kier alpha value is -2.73. The van der Waals surface area contributed by atoms with E-state index in [1.807, 2.05) is 41.8 Å². The molecule has 1 aromatic heterocycles. The van der Waals surface area contributed by atoms with Crippen LogP contribution < -0.4 is 4.74 Å². The van der Waals surface area contributed by atoms with Gasteiger partial charge in [0.25, 0.3) is 5.69 Å². The van der Waals surface area contributed by atoms with Crippen molar-refractivity contribution in [3.8, 4) is 17.0 Å². The summed E-state index contributed by atoms with van der Waals surface area (Å²) in [7, 11) is 0. The molecule has 0 saturated carbocycles. The van der Waals surface area contributed by atoms with Crippen LogP contribution in [0.5, 0.6) is 5.75 Å². The number of nitro benzene ring substituents is 1. The van der Waals surface area contributed by atoms with E-state index in [-0.39, 0.29) is 10.6 Å². The first kappa shape index (κ1) is 15.2. The van der Waals surface area contributed by atoms with Crippen LogP contribution in [-0.2, 0) is 6.61 Å². The number of hydrogen-bond donors (Lipinski definition) is 0. The van der Waals surface area contributed by atoms with Gasteiger partial charge < -0.3 is 4.74 Å². The van der Waals surface area contributed by atoms with Crippen LogP contribution in [0, 0.1) is 17.0 Å². The summed E-state index contributed by atoms with van der Waals surface area (Å²) in [6.07, 6.45) is 0. The van der Waals surface area contributed by atoms with Gasteiger partial charge in [-0.05, 0) is 19.1 Å². The summed E-state index contributed by atoms with van der Waals surface area (Å²) in [4.78, 5) is 15.2. The number of aryl methyl sites for hydroxylation is 1. The smallest absolute Gasteiger partial charge is 0.272 e. The Balaban J connectivity index is 1.77. The highest BCUT2D eigenvalue weighted by atomic mass is 32.1. The third-order valence-corrected chi connectivity index (χ3v) is 4.18. The van der Waals surface area contributed by atoms with Gasteiger partial charge in [0.15, 0.2) is 0 Å². The fraction of sp³-hybridized carbons (Fsp3) is 0.118. The van der Waals surface area contributed by atoms with E-state index in [9.17, 15) is 10.1 Å². The maximum absolute atomic E-state index is 11.0. The third kappa shape index (κ3) is 3.54. The molecular weight excluding hydrogens is 312 g/mol. The van der Waals surface area contributed by atoms with Gasteiger partial charge in [-0.3, -0.25) is 10.1 Å². The zero-order chi connectivity index (χ0) is 16.2.